The molecule has 1 N–H and O–H groups in total. The monoisotopic (exact) mass is 384 g/mol. The predicted molar refractivity (Wildman–Crippen MR) is 111 cm³/mol. The molecule has 5 rings (SSSR count). The van der Waals surface area contributed by atoms with Gasteiger partial charge >= 0.3 is 0 Å². The van der Waals surface area contributed by atoms with Crippen molar-refractivity contribution in [3.8, 4) is 5.82 Å². The minimum absolute atomic E-state index is 0.125. The quantitative estimate of drug-likeness (QED) is 0.587. The van der Waals surface area contributed by atoms with Crippen LogP contribution in [0.5, 0.6) is 0 Å². The molecule has 0 fully saturated rings. The number of fused-ring (bicyclic) bond motifs is 2. The minimum Gasteiger partial charge on any atom is -0.330 e. The Hall–Kier alpha value is -3.74. The number of nitrogens with one attached hydrogen (secondary N) is 1. The van der Waals surface area contributed by atoms with Crippen molar-refractivity contribution in [2.45, 2.75) is 26.1 Å². The van der Waals surface area contributed by atoms with Gasteiger partial charge in [-0.2, -0.15) is 5.10 Å². The van der Waals surface area contributed by atoms with E-state index in [1.807, 2.05) is 56.3 Å². The van der Waals surface area contributed by atoms with Crippen molar-refractivity contribution < 1.29 is 4.79 Å². The Bertz CT molecular complexity index is 1210. The van der Waals surface area contributed by atoms with Crippen LogP contribution in [0.1, 0.15) is 29.8 Å². The van der Waals surface area contributed by atoms with E-state index in [4.69, 9.17) is 4.98 Å². The van der Waals surface area contributed by atoms with Gasteiger partial charge in [-0.05, 0) is 43.7 Å². The molecule has 3 aromatic heterocycles. The number of hydrogen-bond donors (Lipinski definition) is 1. The molecule has 1 aromatic carbocycles. The van der Waals surface area contributed by atoms with Crippen LogP contribution in [0.3, 0.4) is 0 Å². The molecular formula is C22H20N6O. The lowest BCUT2D eigenvalue weighted by Crippen LogP contribution is -2.60. The van der Waals surface area contributed by atoms with Gasteiger partial charge in [-0.3, -0.25) is 9.78 Å². The van der Waals surface area contributed by atoms with E-state index in [2.05, 4.69) is 32.4 Å². The summed E-state index contributed by atoms with van der Waals surface area (Å²) in [5.74, 6) is 1.17. The summed E-state index contributed by atoms with van der Waals surface area (Å²) in [6.45, 7) is 4.59. The van der Waals surface area contributed by atoms with E-state index < -0.39 is 5.66 Å². The van der Waals surface area contributed by atoms with Crippen molar-refractivity contribution in [1.82, 2.24) is 25.1 Å². The number of pyridine rings is 2. The molecule has 0 aliphatic carbocycles. The Kier molecular flexibility index (Phi) is 3.84. The zero-order chi connectivity index (χ0) is 20.0. The van der Waals surface area contributed by atoms with Crippen LogP contribution in [0.2, 0.25) is 0 Å². The molecule has 0 unspecified atom stereocenters. The highest BCUT2D eigenvalue weighted by Crippen LogP contribution is 2.32. The third kappa shape index (κ3) is 2.91. The maximum Gasteiger partial charge on any atom is 0.256 e. The Morgan fingerprint density at radius 3 is 2.69 bits per heavy atom. The third-order valence-electron chi connectivity index (χ3n) is 5.20. The molecule has 0 saturated heterocycles. The van der Waals surface area contributed by atoms with Crippen LogP contribution in [0.15, 0.2) is 67.0 Å². The van der Waals surface area contributed by atoms with Crippen molar-refractivity contribution in [2.24, 2.45) is 0 Å². The van der Waals surface area contributed by atoms with Crippen LogP contribution in [-0.4, -0.2) is 31.3 Å². The smallest absolute Gasteiger partial charge is 0.256 e. The molecule has 0 radical (unpaired) electrons. The predicted octanol–water partition coefficient (Wildman–Crippen LogP) is 3.30. The second-order valence-electron chi connectivity index (χ2n) is 7.59. The van der Waals surface area contributed by atoms with Gasteiger partial charge in [-0.25, -0.2) is 9.67 Å². The van der Waals surface area contributed by atoms with E-state index in [1.54, 1.807) is 17.1 Å². The summed E-state index contributed by atoms with van der Waals surface area (Å²) in [7, 11) is 0. The highest BCUT2D eigenvalue weighted by molar-refractivity contribution is 6.01. The van der Waals surface area contributed by atoms with Gasteiger partial charge in [0.25, 0.3) is 5.91 Å². The average Bonchev–Trinajstić information content (AvgIpc) is 3.15. The van der Waals surface area contributed by atoms with Crippen LogP contribution in [-0.2, 0) is 6.54 Å². The first-order chi connectivity index (χ1) is 14.0. The van der Waals surface area contributed by atoms with Crippen LogP contribution in [0, 0.1) is 0 Å². The van der Waals surface area contributed by atoms with Crippen molar-refractivity contribution in [3.05, 3.63) is 78.1 Å². The summed E-state index contributed by atoms with van der Waals surface area (Å²) in [6.07, 6.45) is 3.46. The highest BCUT2D eigenvalue weighted by Gasteiger charge is 2.38. The molecular weight excluding hydrogens is 364 g/mol. The lowest BCUT2D eigenvalue weighted by atomic mass is 10.0. The molecule has 1 aliphatic heterocycles. The number of aromatic nitrogens is 4. The topological polar surface area (TPSA) is 75.9 Å². The Labute approximate surface area is 168 Å². The fourth-order valence-corrected chi connectivity index (χ4v) is 3.70. The number of benzene rings is 1. The fraction of sp³-hybridized carbons (Fsp3) is 0.182. The van der Waals surface area contributed by atoms with Crippen molar-refractivity contribution >= 4 is 22.8 Å². The zero-order valence-electron chi connectivity index (χ0n) is 16.2. The maximum atomic E-state index is 12.7. The van der Waals surface area contributed by atoms with Gasteiger partial charge in [0.1, 0.15) is 17.0 Å². The van der Waals surface area contributed by atoms with E-state index in [0.717, 1.165) is 16.6 Å². The van der Waals surface area contributed by atoms with Gasteiger partial charge in [-0.15, -0.1) is 0 Å². The van der Waals surface area contributed by atoms with Crippen molar-refractivity contribution in [3.63, 3.8) is 0 Å². The molecule has 0 bridgehead atoms. The lowest BCUT2D eigenvalue weighted by molar-refractivity contribution is 0.0895. The van der Waals surface area contributed by atoms with E-state index in [1.165, 1.54) is 0 Å². The molecule has 0 spiro atoms. The van der Waals surface area contributed by atoms with Crippen molar-refractivity contribution in [1.29, 1.82) is 0 Å². The molecule has 0 atom stereocenters. The molecule has 29 heavy (non-hydrogen) atoms. The van der Waals surface area contributed by atoms with Crippen LogP contribution < -0.4 is 10.2 Å². The van der Waals surface area contributed by atoms with Gasteiger partial charge in [0, 0.05) is 12.7 Å². The normalized spacial score (nSPS) is 15.2. The van der Waals surface area contributed by atoms with E-state index in [-0.39, 0.29) is 5.91 Å². The van der Waals surface area contributed by atoms with Gasteiger partial charge < -0.3 is 10.2 Å². The van der Waals surface area contributed by atoms with Gasteiger partial charge in [0.2, 0.25) is 0 Å². The van der Waals surface area contributed by atoms with Gasteiger partial charge in [0.05, 0.1) is 17.3 Å². The van der Waals surface area contributed by atoms with Crippen LogP contribution >= 0.6 is 0 Å². The molecule has 144 valence electrons. The van der Waals surface area contributed by atoms with Crippen molar-refractivity contribution in [2.75, 3.05) is 4.90 Å². The number of carbonyl (C=O) groups excluding carboxylic acids is 1. The molecule has 4 heterocycles. The molecule has 7 heteroatoms. The number of carbonyl (C=O) groups is 1. The molecule has 7 nitrogen and oxygen atoms in total. The first kappa shape index (κ1) is 17.4. The number of amides is 1. The second kappa shape index (κ2) is 6.41. The Balaban J connectivity index is 1.65. The minimum atomic E-state index is -0.584. The summed E-state index contributed by atoms with van der Waals surface area (Å²) >= 11 is 0. The van der Waals surface area contributed by atoms with E-state index in [0.29, 0.717) is 23.7 Å². The summed E-state index contributed by atoms with van der Waals surface area (Å²) < 4.78 is 1.75. The third-order valence-corrected chi connectivity index (χ3v) is 5.20. The molecule has 4 aromatic rings. The summed E-state index contributed by atoms with van der Waals surface area (Å²) in [4.78, 5) is 24.0. The Morgan fingerprint density at radius 2 is 1.86 bits per heavy atom. The molecule has 0 saturated carbocycles. The first-order valence-corrected chi connectivity index (χ1v) is 9.47. The summed E-state index contributed by atoms with van der Waals surface area (Å²) in [5, 5.41) is 7.53. The van der Waals surface area contributed by atoms with Crippen LogP contribution in [0.25, 0.3) is 16.9 Å². The second-order valence-corrected chi connectivity index (χ2v) is 7.59. The Morgan fingerprint density at radius 1 is 1.03 bits per heavy atom. The molecule has 1 amide bonds. The highest BCUT2D eigenvalue weighted by atomic mass is 16.2. The standard InChI is InChI=1S/C22H20N6O/c1-22(2)26-21(29)16-10-11-19(28-18-9-6-12-23-17(18)13-24-28)25-20(16)27(22)14-15-7-4-3-5-8-15/h3-13H,14H2,1-2H3,(H,26,29). The lowest BCUT2D eigenvalue weighted by Gasteiger charge is -2.44. The van der Waals surface area contributed by atoms with E-state index in [9.17, 15) is 4.79 Å². The molecule has 1 aliphatic rings. The van der Waals surface area contributed by atoms with Gasteiger partial charge in [0.15, 0.2) is 5.82 Å². The number of rotatable bonds is 3. The number of nitrogens with zero attached hydrogens (tertiary/aromatic N) is 5. The summed E-state index contributed by atoms with van der Waals surface area (Å²) in [6, 6.07) is 17.6. The average molecular weight is 384 g/mol. The zero-order valence-corrected chi connectivity index (χ0v) is 16.2. The largest absolute Gasteiger partial charge is 0.330 e. The number of hydrogen-bond acceptors (Lipinski definition) is 5. The summed E-state index contributed by atoms with van der Waals surface area (Å²) in [5.41, 5.74) is 2.78. The van der Waals surface area contributed by atoms with Gasteiger partial charge in [-0.1, -0.05) is 30.3 Å². The van der Waals surface area contributed by atoms with Crippen LogP contribution in [0.4, 0.5) is 5.82 Å². The SMILES string of the molecule is CC1(C)NC(=O)c2ccc(-n3ncc4ncccc43)nc2N1Cc1ccccc1. The fourth-order valence-electron chi connectivity index (χ4n) is 3.70. The first-order valence-electron chi connectivity index (χ1n) is 9.47. The maximum absolute atomic E-state index is 12.7. The number of anilines is 1. The van der Waals surface area contributed by atoms with E-state index >= 15 is 0 Å².